The molecule has 8 heteroatoms. The number of alkyl halides is 3. The van der Waals surface area contributed by atoms with Gasteiger partial charge in [0.2, 0.25) is 0 Å². The predicted octanol–water partition coefficient (Wildman–Crippen LogP) is 2.06. The molecular formula is C11H16F3N3O2. The fourth-order valence-corrected chi connectivity index (χ4v) is 1.54. The quantitative estimate of drug-likeness (QED) is 0.825. The lowest BCUT2D eigenvalue weighted by atomic mass is 10.0. The van der Waals surface area contributed by atoms with Crippen LogP contribution >= 0.6 is 0 Å². The van der Waals surface area contributed by atoms with Gasteiger partial charge in [0.1, 0.15) is 0 Å². The second-order valence-corrected chi connectivity index (χ2v) is 4.38. The summed E-state index contributed by atoms with van der Waals surface area (Å²) in [5.74, 6) is -0.466. The van der Waals surface area contributed by atoms with Crippen LogP contribution in [0.5, 0.6) is 0 Å². The second kappa shape index (κ2) is 6.55. The van der Waals surface area contributed by atoms with Crippen molar-refractivity contribution in [1.82, 2.24) is 15.1 Å². The third-order valence-corrected chi connectivity index (χ3v) is 2.72. The second-order valence-electron chi connectivity index (χ2n) is 4.38. The van der Waals surface area contributed by atoms with Crippen LogP contribution in [-0.2, 0) is 6.30 Å². The third kappa shape index (κ3) is 5.29. The van der Waals surface area contributed by atoms with Crippen molar-refractivity contribution in [2.75, 3.05) is 13.1 Å². The van der Waals surface area contributed by atoms with Crippen molar-refractivity contribution >= 4 is 5.97 Å². The Bertz CT molecular complexity index is 412. The fourth-order valence-electron chi connectivity index (χ4n) is 1.54. The summed E-state index contributed by atoms with van der Waals surface area (Å²) in [6.45, 7) is 4.79. The van der Waals surface area contributed by atoms with Crippen LogP contribution < -0.4 is 5.32 Å². The molecule has 0 unspecified atom stereocenters. The highest BCUT2D eigenvalue weighted by atomic mass is 19.4. The molecule has 108 valence electrons. The number of piperidine rings is 1. The molecule has 0 saturated carbocycles. The maximum absolute atomic E-state index is 11.8. The van der Waals surface area contributed by atoms with E-state index < -0.39 is 17.8 Å². The molecule has 1 aliphatic heterocycles. The fraction of sp³-hybridized carbons (Fsp3) is 0.636. The Hall–Kier alpha value is -1.57. The Morgan fingerprint density at radius 3 is 2.32 bits per heavy atom. The van der Waals surface area contributed by atoms with Gasteiger partial charge in [-0.2, -0.15) is 9.78 Å². The maximum atomic E-state index is 11.8. The number of aromatic nitrogens is 2. The van der Waals surface area contributed by atoms with Gasteiger partial charge in [-0.25, -0.2) is 4.79 Å². The summed E-state index contributed by atoms with van der Waals surface area (Å²) < 4.78 is 35.0. The van der Waals surface area contributed by atoms with Crippen LogP contribution in [-0.4, -0.2) is 33.9 Å². The molecule has 1 saturated heterocycles. The molecule has 0 spiro atoms. The molecule has 19 heavy (non-hydrogen) atoms. The number of aromatic carboxylic acids is 1. The molecule has 0 radical (unpaired) electrons. The van der Waals surface area contributed by atoms with Gasteiger partial charge in [-0.15, -0.1) is 13.2 Å². The van der Waals surface area contributed by atoms with Crippen molar-refractivity contribution in [2.45, 2.75) is 26.1 Å². The summed E-state index contributed by atoms with van der Waals surface area (Å²) in [5.41, 5.74) is -0.493. The number of carbonyl (C=O) groups is 1. The van der Waals surface area contributed by atoms with E-state index in [1.807, 2.05) is 0 Å². The Morgan fingerprint density at radius 1 is 1.47 bits per heavy atom. The summed E-state index contributed by atoms with van der Waals surface area (Å²) in [5, 5.41) is 14.4. The average molecular weight is 279 g/mol. The lowest BCUT2D eigenvalue weighted by molar-refractivity contribution is -0.212. The van der Waals surface area contributed by atoms with Crippen LogP contribution in [0.1, 0.15) is 30.1 Å². The molecule has 1 aliphatic rings. The lowest BCUT2D eigenvalue weighted by Crippen LogP contribution is -2.26. The Kier molecular flexibility index (Phi) is 5.34. The minimum absolute atomic E-state index is 0.365. The minimum Gasteiger partial charge on any atom is -0.478 e. The first-order valence-corrected chi connectivity index (χ1v) is 5.86. The van der Waals surface area contributed by atoms with Crippen molar-refractivity contribution in [2.24, 2.45) is 5.92 Å². The van der Waals surface area contributed by atoms with Crippen LogP contribution in [0.3, 0.4) is 0 Å². The average Bonchev–Trinajstić information content (AvgIpc) is 2.79. The monoisotopic (exact) mass is 279 g/mol. The van der Waals surface area contributed by atoms with Gasteiger partial charge >= 0.3 is 12.3 Å². The zero-order valence-electron chi connectivity index (χ0n) is 10.4. The van der Waals surface area contributed by atoms with Crippen LogP contribution in [0.4, 0.5) is 13.2 Å². The third-order valence-electron chi connectivity index (χ3n) is 2.72. The number of rotatable bonds is 1. The first-order chi connectivity index (χ1) is 8.80. The number of carboxylic acids is 1. The normalized spacial score (nSPS) is 16.6. The summed E-state index contributed by atoms with van der Waals surface area (Å²) in [7, 11) is 0. The van der Waals surface area contributed by atoms with E-state index >= 15 is 0 Å². The summed E-state index contributed by atoms with van der Waals surface area (Å²) in [6, 6.07) is 0. The SMILES string of the molecule is CC1CCNCC1.O=C(O)c1cnn(C(F)(F)F)c1. The van der Waals surface area contributed by atoms with Gasteiger partial charge in [-0.3, -0.25) is 0 Å². The van der Waals surface area contributed by atoms with E-state index in [4.69, 9.17) is 5.11 Å². The largest absolute Gasteiger partial charge is 0.504 e. The van der Waals surface area contributed by atoms with Crippen LogP contribution in [0.2, 0.25) is 0 Å². The topological polar surface area (TPSA) is 67.2 Å². The zero-order valence-corrected chi connectivity index (χ0v) is 10.4. The first-order valence-electron chi connectivity index (χ1n) is 5.86. The van der Waals surface area contributed by atoms with Crippen molar-refractivity contribution in [1.29, 1.82) is 0 Å². The molecule has 0 aromatic carbocycles. The van der Waals surface area contributed by atoms with Crippen molar-refractivity contribution in [3.8, 4) is 0 Å². The van der Waals surface area contributed by atoms with E-state index in [1.165, 1.54) is 25.9 Å². The molecular weight excluding hydrogens is 263 g/mol. The highest BCUT2D eigenvalue weighted by Crippen LogP contribution is 2.20. The molecule has 1 aromatic rings. The number of hydrogen-bond acceptors (Lipinski definition) is 3. The van der Waals surface area contributed by atoms with Gasteiger partial charge in [-0.1, -0.05) is 6.92 Å². The van der Waals surface area contributed by atoms with E-state index in [0.29, 0.717) is 12.4 Å². The molecule has 0 amide bonds. The first kappa shape index (κ1) is 15.5. The zero-order chi connectivity index (χ0) is 14.5. The minimum atomic E-state index is -4.66. The standard InChI is InChI=1S/C6H13N.C5H3F3N2O2/c1-6-2-4-7-5-3-6;6-5(7,8)10-2-3(1-9-10)4(11)12/h6-7H,2-5H2,1H3;1-2H,(H,11,12). The van der Waals surface area contributed by atoms with Gasteiger partial charge < -0.3 is 10.4 Å². The van der Waals surface area contributed by atoms with Crippen molar-refractivity contribution < 1.29 is 23.1 Å². The van der Waals surface area contributed by atoms with E-state index in [1.54, 1.807) is 0 Å². The summed E-state index contributed by atoms with van der Waals surface area (Å²) in [6.07, 6.45) is -0.869. The van der Waals surface area contributed by atoms with Gasteiger partial charge in [0, 0.05) is 6.20 Å². The Balaban J connectivity index is 0.000000218. The smallest absolute Gasteiger partial charge is 0.478 e. The van der Waals surface area contributed by atoms with Gasteiger partial charge in [0.05, 0.1) is 11.8 Å². The highest BCUT2D eigenvalue weighted by Gasteiger charge is 2.32. The summed E-state index contributed by atoms with van der Waals surface area (Å²) in [4.78, 5) is 10.1. The number of halogens is 3. The van der Waals surface area contributed by atoms with Crippen LogP contribution in [0.15, 0.2) is 12.4 Å². The molecule has 2 heterocycles. The van der Waals surface area contributed by atoms with Gasteiger partial charge in [0.25, 0.3) is 0 Å². The molecule has 1 aromatic heterocycles. The van der Waals surface area contributed by atoms with Crippen LogP contribution in [0, 0.1) is 5.92 Å². The van der Waals surface area contributed by atoms with E-state index in [2.05, 4.69) is 17.3 Å². The Labute approximate surface area is 108 Å². The lowest BCUT2D eigenvalue weighted by Gasteiger charge is -2.17. The molecule has 0 bridgehead atoms. The number of carboxylic acid groups (broad SMARTS) is 1. The molecule has 0 aliphatic carbocycles. The predicted molar refractivity (Wildman–Crippen MR) is 61.8 cm³/mol. The number of nitrogens with one attached hydrogen (secondary N) is 1. The van der Waals surface area contributed by atoms with Crippen molar-refractivity contribution in [3.05, 3.63) is 18.0 Å². The van der Waals surface area contributed by atoms with Crippen LogP contribution in [0.25, 0.3) is 0 Å². The van der Waals surface area contributed by atoms with E-state index in [0.717, 1.165) is 5.92 Å². The molecule has 2 N–H and O–H groups in total. The maximum Gasteiger partial charge on any atom is 0.504 e. The van der Waals surface area contributed by atoms with Gasteiger partial charge in [0.15, 0.2) is 0 Å². The summed E-state index contributed by atoms with van der Waals surface area (Å²) >= 11 is 0. The molecule has 1 fully saturated rings. The molecule has 2 rings (SSSR count). The molecule has 0 atom stereocenters. The van der Waals surface area contributed by atoms with Crippen molar-refractivity contribution in [3.63, 3.8) is 0 Å². The van der Waals surface area contributed by atoms with E-state index in [9.17, 15) is 18.0 Å². The number of nitrogens with zero attached hydrogens (tertiary/aromatic N) is 2. The highest BCUT2D eigenvalue weighted by molar-refractivity contribution is 5.86. The molecule has 5 nitrogen and oxygen atoms in total. The van der Waals surface area contributed by atoms with Gasteiger partial charge in [-0.05, 0) is 31.8 Å². The van der Waals surface area contributed by atoms with E-state index in [-0.39, 0.29) is 4.68 Å². The number of hydrogen-bond donors (Lipinski definition) is 2. The Morgan fingerprint density at radius 2 is 2.05 bits per heavy atom.